The molecule has 184 valence electrons. The van der Waals surface area contributed by atoms with Gasteiger partial charge in [0, 0.05) is 37.1 Å². The fourth-order valence-corrected chi connectivity index (χ4v) is 5.01. The van der Waals surface area contributed by atoms with Gasteiger partial charge in [0.05, 0.1) is 35.6 Å². The lowest BCUT2D eigenvalue weighted by Gasteiger charge is -2.29. The standard InChI is InChI=1S/C27H26ClN5O2S/c1-34-15-16-35-24-11-10-20(17-21(24)28)33-26(25(31-27(33)36)22-8-3-5-13-30-22)23-9-6-14-32(23)18-19-7-2-4-12-29-19/h2-14,17,25-26H,15-16,18H2,1H3,(H,31,36). The molecule has 0 spiro atoms. The summed E-state index contributed by atoms with van der Waals surface area (Å²) >= 11 is 12.5. The molecule has 0 aliphatic carbocycles. The molecule has 0 radical (unpaired) electrons. The topological polar surface area (TPSA) is 64.4 Å². The van der Waals surface area contributed by atoms with Crippen molar-refractivity contribution in [1.29, 1.82) is 0 Å². The SMILES string of the molecule is COCCOc1ccc(N2C(=S)NC(c3ccccn3)C2c2cccn2Cc2ccccn2)cc1Cl. The van der Waals surface area contributed by atoms with Gasteiger partial charge in [-0.05, 0) is 66.8 Å². The van der Waals surface area contributed by atoms with Gasteiger partial charge in [-0.2, -0.15) is 0 Å². The molecule has 1 N–H and O–H groups in total. The minimum Gasteiger partial charge on any atom is -0.490 e. The predicted octanol–water partition coefficient (Wildman–Crippen LogP) is 5.18. The maximum atomic E-state index is 6.62. The van der Waals surface area contributed by atoms with Crippen molar-refractivity contribution in [1.82, 2.24) is 19.9 Å². The van der Waals surface area contributed by atoms with Crippen molar-refractivity contribution in [2.45, 2.75) is 18.6 Å². The summed E-state index contributed by atoms with van der Waals surface area (Å²) in [5.41, 5.74) is 3.83. The van der Waals surface area contributed by atoms with Crippen LogP contribution in [-0.4, -0.2) is 40.0 Å². The lowest BCUT2D eigenvalue weighted by molar-refractivity contribution is 0.146. The number of nitrogens with one attached hydrogen (secondary N) is 1. The number of ether oxygens (including phenoxy) is 2. The fraction of sp³-hybridized carbons (Fsp3) is 0.222. The molecule has 2 atom stereocenters. The van der Waals surface area contributed by atoms with E-state index < -0.39 is 0 Å². The lowest BCUT2D eigenvalue weighted by Crippen LogP contribution is -2.30. The molecule has 1 saturated heterocycles. The summed E-state index contributed by atoms with van der Waals surface area (Å²) in [6.07, 6.45) is 5.68. The molecule has 9 heteroatoms. The van der Waals surface area contributed by atoms with Crippen molar-refractivity contribution in [2.24, 2.45) is 0 Å². The maximum absolute atomic E-state index is 6.62. The first-order chi connectivity index (χ1) is 17.7. The van der Waals surface area contributed by atoms with Crippen LogP contribution in [0.1, 0.15) is 29.2 Å². The quantitative estimate of drug-likeness (QED) is 0.241. The number of hydrogen-bond donors (Lipinski definition) is 1. The monoisotopic (exact) mass is 519 g/mol. The Kier molecular flexibility index (Phi) is 7.46. The number of hydrogen-bond acceptors (Lipinski definition) is 5. The molecule has 4 aromatic rings. The Bertz CT molecular complexity index is 1320. The van der Waals surface area contributed by atoms with Gasteiger partial charge in [0.2, 0.25) is 0 Å². The van der Waals surface area contributed by atoms with E-state index in [1.165, 1.54) is 0 Å². The van der Waals surface area contributed by atoms with Crippen molar-refractivity contribution in [3.63, 3.8) is 0 Å². The smallest absolute Gasteiger partial charge is 0.174 e. The van der Waals surface area contributed by atoms with Crippen LogP contribution < -0.4 is 15.0 Å². The van der Waals surface area contributed by atoms with Gasteiger partial charge in [-0.3, -0.25) is 9.97 Å². The van der Waals surface area contributed by atoms with Crippen LogP contribution in [0.15, 0.2) is 85.3 Å². The first kappa shape index (κ1) is 24.2. The Morgan fingerprint density at radius 3 is 2.56 bits per heavy atom. The maximum Gasteiger partial charge on any atom is 0.174 e. The Morgan fingerprint density at radius 2 is 1.83 bits per heavy atom. The molecule has 1 aromatic carbocycles. The lowest BCUT2D eigenvalue weighted by atomic mass is 10.0. The van der Waals surface area contributed by atoms with Crippen LogP contribution in [0.2, 0.25) is 5.02 Å². The number of anilines is 1. The molecule has 1 fully saturated rings. The highest BCUT2D eigenvalue weighted by Gasteiger charge is 2.42. The van der Waals surface area contributed by atoms with E-state index in [0.717, 1.165) is 22.8 Å². The summed E-state index contributed by atoms with van der Waals surface area (Å²) in [4.78, 5) is 11.3. The average Bonchev–Trinajstić information content (AvgIpc) is 3.49. The van der Waals surface area contributed by atoms with Gasteiger partial charge in [-0.25, -0.2) is 0 Å². The van der Waals surface area contributed by atoms with Crippen molar-refractivity contribution < 1.29 is 9.47 Å². The zero-order valence-corrected chi connectivity index (χ0v) is 21.3. The van der Waals surface area contributed by atoms with Crippen LogP contribution in [0.5, 0.6) is 5.75 Å². The summed E-state index contributed by atoms with van der Waals surface area (Å²) in [5.74, 6) is 0.604. The third-order valence-electron chi connectivity index (χ3n) is 6.06. The van der Waals surface area contributed by atoms with Crippen LogP contribution in [0.3, 0.4) is 0 Å². The van der Waals surface area contributed by atoms with Crippen LogP contribution >= 0.6 is 23.8 Å². The fourth-order valence-electron chi connectivity index (χ4n) is 4.43. The minimum atomic E-state index is -0.164. The summed E-state index contributed by atoms with van der Waals surface area (Å²) in [7, 11) is 1.64. The number of nitrogens with zero attached hydrogens (tertiary/aromatic N) is 4. The largest absolute Gasteiger partial charge is 0.490 e. The first-order valence-electron chi connectivity index (χ1n) is 11.6. The Labute approximate surface area is 220 Å². The number of pyridine rings is 2. The normalized spacial score (nSPS) is 17.3. The van der Waals surface area contributed by atoms with E-state index in [2.05, 4.69) is 37.0 Å². The third kappa shape index (κ3) is 5.06. The first-order valence-corrected chi connectivity index (χ1v) is 12.4. The minimum absolute atomic E-state index is 0.160. The Balaban J connectivity index is 1.53. The number of aromatic nitrogens is 3. The zero-order valence-electron chi connectivity index (χ0n) is 19.8. The van der Waals surface area contributed by atoms with Crippen molar-refractivity contribution in [2.75, 3.05) is 25.2 Å². The molecular weight excluding hydrogens is 494 g/mol. The number of methoxy groups -OCH3 is 1. The number of benzene rings is 1. The number of rotatable bonds is 9. The molecule has 1 aliphatic heterocycles. The molecule has 4 heterocycles. The highest BCUT2D eigenvalue weighted by Crippen LogP contribution is 2.43. The van der Waals surface area contributed by atoms with Crippen LogP contribution in [0.25, 0.3) is 0 Å². The Hall–Kier alpha value is -3.46. The van der Waals surface area contributed by atoms with Crippen molar-refractivity contribution in [3.05, 3.63) is 107 Å². The van der Waals surface area contributed by atoms with Gasteiger partial charge < -0.3 is 24.3 Å². The van der Waals surface area contributed by atoms with Crippen LogP contribution in [-0.2, 0) is 11.3 Å². The second-order valence-electron chi connectivity index (χ2n) is 8.33. The van der Waals surface area contributed by atoms with E-state index in [1.807, 2.05) is 66.9 Å². The second kappa shape index (κ2) is 11.1. The van der Waals surface area contributed by atoms with Gasteiger partial charge in [-0.15, -0.1) is 0 Å². The molecule has 7 nitrogen and oxygen atoms in total. The summed E-state index contributed by atoms with van der Waals surface area (Å²) in [6, 6.07) is 21.4. The van der Waals surface area contributed by atoms with Gasteiger partial charge in [0.15, 0.2) is 5.11 Å². The van der Waals surface area contributed by atoms with Crippen LogP contribution in [0, 0.1) is 0 Å². The molecular formula is C27H26ClN5O2S. The van der Waals surface area contributed by atoms with Gasteiger partial charge in [0.25, 0.3) is 0 Å². The van der Waals surface area contributed by atoms with Gasteiger partial charge in [-0.1, -0.05) is 23.7 Å². The molecule has 5 rings (SSSR count). The van der Waals surface area contributed by atoms with Crippen LogP contribution in [0.4, 0.5) is 5.69 Å². The number of halogens is 1. The molecule has 2 unspecified atom stereocenters. The summed E-state index contributed by atoms with van der Waals surface area (Å²) in [6.45, 7) is 1.55. The van der Waals surface area contributed by atoms with Crippen molar-refractivity contribution in [3.8, 4) is 5.75 Å². The highest BCUT2D eigenvalue weighted by atomic mass is 35.5. The zero-order chi connectivity index (χ0) is 24.9. The van der Waals surface area contributed by atoms with Gasteiger partial charge >= 0.3 is 0 Å². The third-order valence-corrected chi connectivity index (χ3v) is 6.67. The second-order valence-corrected chi connectivity index (χ2v) is 9.13. The summed E-state index contributed by atoms with van der Waals surface area (Å²) < 4.78 is 13.0. The molecule has 3 aromatic heterocycles. The van der Waals surface area contributed by atoms with E-state index in [-0.39, 0.29) is 12.1 Å². The van der Waals surface area contributed by atoms with E-state index >= 15 is 0 Å². The van der Waals surface area contributed by atoms with Crippen molar-refractivity contribution >= 4 is 34.6 Å². The average molecular weight is 520 g/mol. The Morgan fingerprint density at radius 1 is 1.00 bits per heavy atom. The van der Waals surface area contributed by atoms with E-state index in [9.17, 15) is 0 Å². The molecule has 36 heavy (non-hydrogen) atoms. The van der Waals surface area contributed by atoms with E-state index in [1.54, 1.807) is 13.3 Å². The van der Waals surface area contributed by atoms with E-state index in [0.29, 0.717) is 35.6 Å². The predicted molar refractivity (Wildman–Crippen MR) is 145 cm³/mol. The highest BCUT2D eigenvalue weighted by molar-refractivity contribution is 7.80. The van der Waals surface area contributed by atoms with Gasteiger partial charge in [0.1, 0.15) is 18.4 Å². The molecule has 0 saturated carbocycles. The van der Waals surface area contributed by atoms with E-state index in [4.69, 9.17) is 33.3 Å². The molecule has 1 aliphatic rings. The molecule has 0 bridgehead atoms. The number of thiocarbonyl (C=S) groups is 1. The summed E-state index contributed by atoms with van der Waals surface area (Å²) in [5, 5.41) is 4.61. The molecule has 0 amide bonds.